The van der Waals surface area contributed by atoms with Gasteiger partial charge in [0, 0.05) is 30.1 Å². The smallest absolute Gasteiger partial charge is 0.251 e. The predicted molar refractivity (Wildman–Crippen MR) is 81.5 cm³/mol. The number of rotatable bonds is 6. The summed E-state index contributed by atoms with van der Waals surface area (Å²) in [5.74, 6) is 1.91. The molecule has 1 heterocycles. The molecule has 0 unspecified atom stereocenters. The lowest BCUT2D eigenvalue weighted by Gasteiger charge is -2.07. The molecule has 0 spiro atoms. The first kappa shape index (κ1) is 14.4. The Hall–Kier alpha value is -2.01. The summed E-state index contributed by atoms with van der Waals surface area (Å²) in [6.45, 7) is 0.658. The van der Waals surface area contributed by atoms with E-state index >= 15 is 0 Å². The third-order valence-corrected chi connectivity index (χ3v) is 3.16. The van der Waals surface area contributed by atoms with Gasteiger partial charge in [0.25, 0.3) is 5.91 Å². The van der Waals surface area contributed by atoms with Crippen molar-refractivity contribution >= 4 is 17.7 Å². The average molecular weight is 288 g/mol. The molecule has 0 aliphatic carbocycles. The normalized spacial score (nSPS) is 10.1. The molecule has 0 saturated carbocycles. The fourth-order valence-electron chi connectivity index (χ4n) is 1.60. The third kappa shape index (κ3) is 4.28. The van der Waals surface area contributed by atoms with Gasteiger partial charge in [-0.1, -0.05) is 12.1 Å². The molecule has 104 valence electrons. The fourth-order valence-corrected chi connectivity index (χ4v) is 1.90. The second kappa shape index (κ2) is 7.55. The lowest BCUT2D eigenvalue weighted by Crippen LogP contribution is -2.25. The number of thioether (sulfide) groups is 1. The predicted octanol–water partition coefficient (Wildman–Crippen LogP) is 2.97. The number of amides is 1. The molecule has 20 heavy (non-hydrogen) atoms. The van der Waals surface area contributed by atoms with Crippen LogP contribution in [0, 0.1) is 0 Å². The van der Waals surface area contributed by atoms with Gasteiger partial charge in [0.1, 0.15) is 5.75 Å². The second-order valence-corrected chi connectivity index (χ2v) is 5.03. The molecule has 2 aromatic rings. The Morgan fingerprint density at radius 3 is 2.95 bits per heavy atom. The van der Waals surface area contributed by atoms with E-state index in [1.54, 1.807) is 48.3 Å². The monoisotopic (exact) mass is 288 g/mol. The maximum atomic E-state index is 11.9. The van der Waals surface area contributed by atoms with Gasteiger partial charge >= 0.3 is 0 Å². The summed E-state index contributed by atoms with van der Waals surface area (Å²) in [6, 6.07) is 12.5. The van der Waals surface area contributed by atoms with Crippen molar-refractivity contribution in [3.63, 3.8) is 0 Å². The van der Waals surface area contributed by atoms with Crippen LogP contribution in [0.15, 0.2) is 48.7 Å². The maximum absolute atomic E-state index is 11.9. The summed E-state index contributed by atoms with van der Waals surface area (Å²) in [5.41, 5.74) is 0.583. The van der Waals surface area contributed by atoms with E-state index in [2.05, 4.69) is 10.3 Å². The van der Waals surface area contributed by atoms with Gasteiger partial charge in [0.2, 0.25) is 5.88 Å². The Balaban J connectivity index is 2.02. The molecule has 0 aliphatic rings. The fraction of sp³-hybridized carbons (Fsp3) is 0.200. The zero-order chi connectivity index (χ0) is 14.2. The van der Waals surface area contributed by atoms with Gasteiger partial charge in [-0.05, 0) is 30.5 Å². The number of aromatic nitrogens is 1. The van der Waals surface area contributed by atoms with Crippen molar-refractivity contribution < 1.29 is 9.53 Å². The van der Waals surface area contributed by atoms with Crippen LogP contribution in [0.1, 0.15) is 10.4 Å². The van der Waals surface area contributed by atoms with Gasteiger partial charge in [-0.3, -0.25) is 4.79 Å². The van der Waals surface area contributed by atoms with E-state index in [-0.39, 0.29) is 5.91 Å². The molecule has 0 saturated heterocycles. The molecule has 0 aliphatic heterocycles. The van der Waals surface area contributed by atoms with Crippen LogP contribution < -0.4 is 10.1 Å². The minimum Gasteiger partial charge on any atom is -0.439 e. The van der Waals surface area contributed by atoms with Crippen molar-refractivity contribution in [1.82, 2.24) is 10.3 Å². The van der Waals surface area contributed by atoms with Gasteiger partial charge in [-0.2, -0.15) is 11.8 Å². The SMILES string of the molecule is CSCCNC(=O)c1cccc(Oc2ccccn2)c1. The first-order chi connectivity index (χ1) is 9.79. The quantitative estimate of drug-likeness (QED) is 0.830. The number of benzene rings is 1. The molecule has 1 N–H and O–H groups in total. The summed E-state index contributed by atoms with van der Waals surface area (Å²) in [4.78, 5) is 16.0. The second-order valence-electron chi connectivity index (χ2n) is 4.05. The Kier molecular flexibility index (Phi) is 5.43. The van der Waals surface area contributed by atoms with Crippen molar-refractivity contribution in [3.8, 4) is 11.6 Å². The first-order valence-corrected chi connectivity index (χ1v) is 7.65. The molecule has 0 bridgehead atoms. The highest BCUT2D eigenvalue weighted by Crippen LogP contribution is 2.19. The number of nitrogens with one attached hydrogen (secondary N) is 1. The van der Waals surface area contributed by atoms with Crippen LogP contribution in [-0.2, 0) is 0 Å². The number of hydrogen-bond acceptors (Lipinski definition) is 4. The topological polar surface area (TPSA) is 51.2 Å². The number of nitrogens with zero attached hydrogens (tertiary/aromatic N) is 1. The van der Waals surface area contributed by atoms with E-state index in [9.17, 15) is 4.79 Å². The zero-order valence-corrected chi connectivity index (χ0v) is 12.0. The van der Waals surface area contributed by atoms with Crippen molar-refractivity contribution in [2.45, 2.75) is 0 Å². The van der Waals surface area contributed by atoms with Crippen molar-refractivity contribution in [3.05, 3.63) is 54.2 Å². The van der Waals surface area contributed by atoms with Crippen LogP contribution in [0.5, 0.6) is 11.6 Å². The largest absolute Gasteiger partial charge is 0.439 e. The number of carbonyl (C=O) groups is 1. The zero-order valence-electron chi connectivity index (χ0n) is 11.2. The highest BCUT2D eigenvalue weighted by Gasteiger charge is 2.06. The molecular weight excluding hydrogens is 272 g/mol. The molecule has 1 aromatic heterocycles. The van der Waals surface area contributed by atoms with Crippen molar-refractivity contribution in [1.29, 1.82) is 0 Å². The molecule has 0 fully saturated rings. The van der Waals surface area contributed by atoms with Crippen LogP contribution in [0.3, 0.4) is 0 Å². The molecular formula is C15H16N2O2S. The van der Waals surface area contributed by atoms with Crippen LogP contribution in [0.2, 0.25) is 0 Å². The standard InChI is InChI=1S/C15H16N2O2S/c1-20-10-9-17-15(18)12-5-4-6-13(11-12)19-14-7-2-3-8-16-14/h2-8,11H,9-10H2,1H3,(H,17,18). The number of ether oxygens (including phenoxy) is 1. The average Bonchev–Trinajstić information content (AvgIpc) is 2.49. The molecule has 2 rings (SSSR count). The lowest BCUT2D eigenvalue weighted by molar-refractivity contribution is 0.0956. The van der Waals surface area contributed by atoms with Gasteiger partial charge in [0.05, 0.1) is 0 Å². The van der Waals surface area contributed by atoms with E-state index < -0.39 is 0 Å². The van der Waals surface area contributed by atoms with Crippen molar-refractivity contribution in [2.75, 3.05) is 18.6 Å². The molecule has 0 atom stereocenters. The van der Waals surface area contributed by atoms with Gasteiger partial charge in [-0.25, -0.2) is 4.98 Å². The van der Waals surface area contributed by atoms with E-state index in [4.69, 9.17) is 4.74 Å². The van der Waals surface area contributed by atoms with E-state index in [0.29, 0.717) is 23.7 Å². The minimum atomic E-state index is -0.0921. The number of carbonyl (C=O) groups excluding carboxylic acids is 1. The molecule has 0 radical (unpaired) electrons. The molecule has 1 aromatic carbocycles. The van der Waals surface area contributed by atoms with Crippen LogP contribution in [0.25, 0.3) is 0 Å². The molecule has 5 heteroatoms. The summed E-state index contributed by atoms with van der Waals surface area (Å²) in [5, 5.41) is 2.86. The maximum Gasteiger partial charge on any atom is 0.251 e. The number of pyridine rings is 1. The van der Waals surface area contributed by atoms with Gasteiger partial charge < -0.3 is 10.1 Å². The summed E-state index contributed by atoms with van der Waals surface area (Å²) in [7, 11) is 0. The Bertz CT molecular complexity index is 561. The lowest BCUT2D eigenvalue weighted by atomic mass is 10.2. The highest BCUT2D eigenvalue weighted by molar-refractivity contribution is 7.98. The Labute approximate surface area is 122 Å². The van der Waals surface area contributed by atoms with Crippen LogP contribution in [0.4, 0.5) is 0 Å². The molecule has 1 amide bonds. The Morgan fingerprint density at radius 1 is 1.30 bits per heavy atom. The first-order valence-electron chi connectivity index (χ1n) is 6.25. The van der Waals surface area contributed by atoms with E-state index in [1.165, 1.54) is 0 Å². The summed E-state index contributed by atoms with van der Waals surface area (Å²) < 4.78 is 5.60. The van der Waals surface area contributed by atoms with Crippen molar-refractivity contribution in [2.24, 2.45) is 0 Å². The van der Waals surface area contributed by atoms with Crippen LogP contribution in [-0.4, -0.2) is 29.4 Å². The van der Waals surface area contributed by atoms with E-state index in [0.717, 1.165) is 5.75 Å². The van der Waals surface area contributed by atoms with Gasteiger partial charge in [-0.15, -0.1) is 0 Å². The third-order valence-electron chi connectivity index (χ3n) is 2.55. The summed E-state index contributed by atoms with van der Waals surface area (Å²) in [6.07, 6.45) is 3.67. The minimum absolute atomic E-state index is 0.0921. The number of hydrogen-bond donors (Lipinski definition) is 1. The van der Waals surface area contributed by atoms with Gasteiger partial charge in [0.15, 0.2) is 0 Å². The Morgan fingerprint density at radius 2 is 2.20 bits per heavy atom. The van der Waals surface area contributed by atoms with Crippen LogP contribution >= 0.6 is 11.8 Å². The highest BCUT2D eigenvalue weighted by atomic mass is 32.2. The summed E-state index contributed by atoms with van der Waals surface area (Å²) >= 11 is 1.70. The van der Waals surface area contributed by atoms with E-state index in [1.807, 2.05) is 18.4 Å². The molecule has 4 nitrogen and oxygen atoms in total.